The number of anilines is 2. The first kappa shape index (κ1) is 18.8. The molecule has 1 aliphatic heterocycles. The third kappa shape index (κ3) is 3.66. The fraction of sp³-hybridized carbons (Fsp3) is 0.292. The second kappa shape index (κ2) is 7.88. The fourth-order valence-corrected chi connectivity index (χ4v) is 4.47. The van der Waals surface area contributed by atoms with Gasteiger partial charge in [-0.1, -0.05) is 24.3 Å². The number of benzene rings is 1. The van der Waals surface area contributed by atoms with E-state index in [9.17, 15) is 0 Å². The van der Waals surface area contributed by atoms with Crippen molar-refractivity contribution in [3.8, 4) is 0 Å². The summed E-state index contributed by atoms with van der Waals surface area (Å²) in [6.07, 6.45) is 8.20. The van der Waals surface area contributed by atoms with Gasteiger partial charge in [-0.2, -0.15) is 0 Å². The molecule has 0 spiro atoms. The maximum Gasteiger partial charge on any atom is 0.150 e. The third-order valence-electron chi connectivity index (χ3n) is 5.86. The molecular weight excluding hydrogens is 372 g/mol. The highest BCUT2D eigenvalue weighted by Crippen LogP contribution is 2.34. The molecule has 3 aromatic heterocycles. The van der Waals surface area contributed by atoms with E-state index in [0.29, 0.717) is 0 Å². The Kier molecular flexibility index (Phi) is 4.93. The van der Waals surface area contributed by atoms with E-state index >= 15 is 0 Å². The summed E-state index contributed by atoms with van der Waals surface area (Å²) in [4.78, 5) is 16.4. The van der Waals surface area contributed by atoms with Crippen molar-refractivity contribution in [2.45, 2.75) is 32.4 Å². The summed E-state index contributed by atoms with van der Waals surface area (Å²) in [5, 5.41) is 4.63. The summed E-state index contributed by atoms with van der Waals surface area (Å²) < 4.78 is 2.22. The topological polar surface area (TPSA) is 58.9 Å². The Hall–Kier alpha value is -3.25. The standard InChI is InChI=1S/C24H26N6/c1-17-7-5-11-23(26-17)28-24-14-25-13-20(27-24)22-10-6-12-30(22)16-18-15-29(2)21-9-4-3-8-19(18)21/h3-5,7-9,11,13-15,22H,6,10,12,16H2,1-2H3,(H,26,27,28)/t22-/m0/s1. The monoisotopic (exact) mass is 398 g/mol. The molecule has 0 bridgehead atoms. The Morgan fingerprint density at radius 2 is 1.93 bits per heavy atom. The van der Waals surface area contributed by atoms with Crippen LogP contribution in [0.1, 0.15) is 35.8 Å². The van der Waals surface area contributed by atoms with Gasteiger partial charge in [-0.15, -0.1) is 0 Å². The Balaban J connectivity index is 1.38. The molecule has 0 amide bonds. The molecule has 4 aromatic rings. The molecule has 6 heteroatoms. The summed E-state index contributed by atoms with van der Waals surface area (Å²) in [5.41, 5.74) is 4.64. The minimum atomic E-state index is 0.281. The quantitative estimate of drug-likeness (QED) is 0.526. The molecule has 1 aliphatic rings. The largest absolute Gasteiger partial charge is 0.350 e. The van der Waals surface area contributed by atoms with E-state index in [-0.39, 0.29) is 6.04 Å². The average Bonchev–Trinajstić information content (AvgIpc) is 3.34. The van der Waals surface area contributed by atoms with E-state index in [4.69, 9.17) is 4.98 Å². The van der Waals surface area contributed by atoms with Crippen LogP contribution >= 0.6 is 0 Å². The van der Waals surface area contributed by atoms with Gasteiger partial charge >= 0.3 is 0 Å². The average molecular weight is 399 g/mol. The molecule has 1 fully saturated rings. The van der Waals surface area contributed by atoms with Crippen molar-refractivity contribution in [2.24, 2.45) is 7.05 Å². The van der Waals surface area contributed by atoms with Gasteiger partial charge in [0.15, 0.2) is 0 Å². The first-order valence-corrected chi connectivity index (χ1v) is 10.5. The minimum Gasteiger partial charge on any atom is -0.350 e. The number of pyridine rings is 1. The van der Waals surface area contributed by atoms with Crippen LogP contribution in [-0.2, 0) is 13.6 Å². The van der Waals surface area contributed by atoms with Gasteiger partial charge in [-0.05, 0) is 50.1 Å². The van der Waals surface area contributed by atoms with Crippen LogP contribution in [0, 0.1) is 6.92 Å². The zero-order valence-corrected chi connectivity index (χ0v) is 17.4. The molecule has 0 unspecified atom stereocenters. The van der Waals surface area contributed by atoms with E-state index in [1.165, 1.54) is 22.9 Å². The van der Waals surface area contributed by atoms with Crippen molar-refractivity contribution in [3.05, 3.63) is 78.0 Å². The summed E-state index contributed by atoms with van der Waals surface area (Å²) in [6.45, 7) is 3.98. The molecule has 1 atom stereocenters. The lowest BCUT2D eigenvalue weighted by Gasteiger charge is -2.24. The maximum absolute atomic E-state index is 4.88. The maximum atomic E-state index is 4.88. The Labute approximate surface area is 176 Å². The molecule has 1 saturated heterocycles. The van der Waals surface area contributed by atoms with Crippen LogP contribution in [0.4, 0.5) is 11.6 Å². The normalized spacial score (nSPS) is 16.9. The lowest BCUT2D eigenvalue weighted by Crippen LogP contribution is -2.23. The number of para-hydroxylation sites is 1. The first-order valence-electron chi connectivity index (χ1n) is 10.5. The number of fused-ring (bicyclic) bond motifs is 1. The molecule has 0 radical (unpaired) electrons. The molecule has 152 valence electrons. The van der Waals surface area contributed by atoms with Crippen LogP contribution < -0.4 is 5.32 Å². The Bertz CT molecular complexity index is 1180. The molecule has 6 nitrogen and oxygen atoms in total. The van der Waals surface area contributed by atoms with Gasteiger partial charge in [0.1, 0.15) is 11.6 Å². The smallest absolute Gasteiger partial charge is 0.150 e. The zero-order valence-electron chi connectivity index (χ0n) is 17.4. The van der Waals surface area contributed by atoms with E-state index in [1.807, 2.05) is 31.3 Å². The van der Waals surface area contributed by atoms with Crippen LogP contribution in [-0.4, -0.2) is 31.0 Å². The highest BCUT2D eigenvalue weighted by atomic mass is 15.2. The van der Waals surface area contributed by atoms with Crippen molar-refractivity contribution < 1.29 is 0 Å². The lowest BCUT2D eigenvalue weighted by atomic mass is 10.1. The van der Waals surface area contributed by atoms with Gasteiger partial charge < -0.3 is 9.88 Å². The number of nitrogens with one attached hydrogen (secondary N) is 1. The molecular formula is C24H26N6. The summed E-state index contributed by atoms with van der Waals surface area (Å²) in [7, 11) is 2.12. The Morgan fingerprint density at radius 1 is 1.03 bits per heavy atom. The van der Waals surface area contributed by atoms with Gasteiger partial charge in [-0.25, -0.2) is 9.97 Å². The zero-order chi connectivity index (χ0) is 20.5. The number of nitrogens with zero attached hydrogens (tertiary/aromatic N) is 5. The number of aromatic nitrogens is 4. The lowest BCUT2D eigenvalue weighted by molar-refractivity contribution is 0.245. The van der Waals surface area contributed by atoms with E-state index < -0.39 is 0 Å². The molecule has 30 heavy (non-hydrogen) atoms. The molecule has 5 rings (SSSR count). The SMILES string of the molecule is Cc1cccc(Nc2cncc([C@@H]3CCCN3Cc3cn(C)c4ccccc34)n2)n1. The summed E-state index contributed by atoms with van der Waals surface area (Å²) in [6, 6.07) is 14.8. The van der Waals surface area contributed by atoms with Crippen molar-refractivity contribution >= 4 is 22.5 Å². The van der Waals surface area contributed by atoms with Crippen LogP contribution in [0.25, 0.3) is 10.9 Å². The van der Waals surface area contributed by atoms with E-state index in [0.717, 1.165) is 42.5 Å². The predicted molar refractivity (Wildman–Crippen MR) is 120 cm³/mol. The van der Waals surface area contributed by atoms with Crippen molar-refractivity contribution in [3.63, 3.8) is 0 Å². The van der Waals surface area contributed by atoms with Gasteiger partial charge in [0.25, 0.3) is 0 Å². The van der Waals surface area contributed by atoms with Crippen LogP contribution in [0.2, 0.25) is 0 Å². The number of hydrogen-bond donors (Lipinski definition) is 1. The van der Waals surface area contributed by atoms with Crippen molar-refractivity contribution in [2.75, 3.05) is 11.9 Å². The number of rotatable bonds is 5. The second-order valence-electron chi connectivity index (χ2n) is 8.03. The second-order valence-corrected chi connectivity index (χ2v) is 8.03. The van der Waals surface area contributed by atoms with Crippen molar-refractivity contribution in [1.82, 2.24) is 24.4 Å². The molecule has 4 heterocycles. The molecule has 1 aromatic carbocycles. The number of likely N-dealkylation sites (tertiary alicyclic amines) is 1. The summed E-state index contributed by atoms with van der Waals surface area (Å²) in [5.74, 6) is 1.53. The highest BCUT2D eigenvalue weighted by molar-refractivity contribution is 5.83. The summed E-state index contributed by atoms with van der Waals surface area (Å²) >= 11 is 0. The van der Waals surface area contributed by atoms with Gasteiger partial charge in [0, 0.05) is 36.4 Å². The fourth-order valence-electron chi connectivity index (χ4n) is 4.47. The molecule has 0 aliphatic carbocycles. The van der Waals surface area contributed by atoms with Gasteiger partial charge in [0.2, 0.25) is 0 Å². The number of aryl methyl sites for hydroxylation is 2. The van der Waals surface area contributed by atoms with Gasteiger partial charge in [-0.3, -0.25) is 9.88 Å². The van der Waals surface area contributed by atoms with E-state index in [2.05, 4.69) is 62.3 Å². The van der Waals surface area contributed by atoms with Crippen LogP contribution in [0.5, 0.6) is 0 Å². The van der Waals surface area contributed by atoms with Crippen molar-refractivity contribution in [1.29, 1.82) is 0 Å². The van der Waals surface area contributed by atoms with E-state index in [1.54, 1.807) is 6.20 Å². The predicted octanol–water partition coefficient (Wildman–Crippen LogP) is 4.75. The molecule has 1 N–H and O–H groups in total. The highest BCUT2D eigenvalue weighted by Gasteiger charge is 2.28. The van der Waals surface area contributed by atoms with Crippen LogP contribution in [0.15, 0.2) is 61.1 Å². The first-order chi connectivity index (χ1) is 14.7. The number of hydrogen-bond acceptors (Lipinski definition) is 5. The van der Waals surface area contributed by atoms with Crippen LogP contribution in [0.3, 0.4) is 0 Å². The Morgan fingerprint density at radius 3 is 2.83 bits per heavy atom. The minimum absolute atomic E-state index is 0.281. The third-order valence-corrected chi connectivity index (χ3v) is 5.86. The molecule has 0 saturated carbocycles. The van der Waals surface area contributed by atoms with Gasteiger partial charge in [0.05, 0.1) is 24.1 Å².